The van der Waals surface area contributed by atoms with Gasteiger partial charge in [0.25, 0.3) is 0 Å². The van der Waals surface area contributed by atoms with Crippen molar-refractivity contribution >= 4 is 11.8 Å². The second-order valence-electron chi connectivity index (χ2n) is 10.2. The Morgan fingerprint density at radius 1 is 0.921 bits per heavy atom. The summed E-state index contributed by atoms with van der Waals surface area (Å²) in [6.07, 6.45) is 0.904. The van der Waals surface area contributed by atoms with Crippen molar-refractivity contribution in [1.82, 2.24) is 10.2 Å². The molecule has 3 rings (SSSR count). The second kappa shape index (κ2) is 13.6. The summed E-state index contributed by atoms with van der Waals surface area (Å²) < 4.78 is 25.6. The molecule has 3 aromatic rings. The van der Waals surface area contributed by atoms with Gasteiger partial charge in [-0.15, -0.1) is 0 Å². The van der Waals surface area contributed by atoms with E-state index in [0.717, 1.165) is 11.3 Å². The van der Waals surface area contributed by atoms with Gasteiger partial charge in [0.05, 0.1) is 13.7 Å². The molecule has 0 unspecified atom stereocenters. The molecule has 0 aliphatic heterocycles. The maximum Gasteiger partial charge on any atom is 0.243 e. The highest BCUT2D eigenvalue weighted by Crippen LogP contribution is 2.20. The standard InChI is InChI=1S/C31H37FN2O4/c1-31(2,3)33-30(36)28(21-23-11-6-5-7-12-23)34(22-24-13-8-9-14-27(24)32)29(35)15-10-20-38-26-18-16-25(37-4)17-19-26/h5-9,11-14,16-19,28H,10,15,20-22H2,1-4H3,(H,33,36)/t28-/m1/s1. The Labute approximate surface area is 224 Å². The Morgan fingerprint density at radius 2 is 1.55 bits per heavy atom. The monoisotopic (exact) mass is 520 g/mol. The number of benzene rings is 3. The van der Waals surface area contributed by atoms with Gasteiger partial charge < -0.3 is 19.7 Å². The smallest absolute Gasteiger partial charge is 0.243 e. The minimum absolute atomic E-state index is 0.0140. The molecule has 7 heteroatoms. The molecule has 1 N–H and O–H groups in total. The van der Waals surface area contributed by atoms with Crippen LogP contribution >= 0.6 is 0 Å². The minimum atomic E-state index is -0.814. The Balaban J connectivity index is 1.80. The number of hydrogen-bond acceptors (Lipinski definition) is 4. The molecule has 0 aromatic heterocycles. The van der Waals surface area contributed by atoms with Crippen LogP contribution in [0, 0.1) is 5.82 Å². The predicted octanol–water partition coefficient (Wildman–Crippen LogP) is 5.55. The van der Waals surface area contributed by atoms with Crippen LogP contribution in [0.3, 0.4) is 0 Å². The number of nitrogens with zero attached hydrogens (tertiary/aromatic N) is 1. The molecule has 1 atom stereocenters. The van der Waals surface area contributed by atoms with E-state index in [-0.39, 0.29) is 24.8 Å². The van der Waals surface area contributed by atoms with Crippen molar-refractivity contribution in [3.63, 3.8) is 0 Å². The molecular formula is C31H37FN2O4. The van der Waals surface area contributed by atoms with Crippen LogP contribution in [0.5, 0.6) is 11.5 Å². The SMILES string of the molecule is COc1ccc(OCCCC(=O)N(Cc2ccccc2F)[C@H](Cc2ccccc2)C(=O)NC(C)(C)C)cc1. The van der Waals surface area contributed by atoms with E-state index in [1.54, 1.807) is 49.6 Å². The number of hydrogen-bond donors (Lipinski definition) is 1. The number of ether oxygens (including phenoxy) is 2. The van der Waals surface area contributed by atoms with Gasteiger partial charge in [-0.3, -0.25) is 9.59 Å². The van der Waals surface area contributed by atoms with Gasteiger partial charge in [0, 0.05) is 30.5 Å². The first-order valence-electron chi connectivity index (χ1n) is 12.8. The van der Waals surface area contributed by atoms with Gasteiger partial charge in [-0.1, -0.05) is 48.5 Å². The molecule has 0 bridgehead atoms. The third-order valence-corrected chi connectivity index (χ3v) is 5.93. The van der Waals surface area contributed by atoms with Crippen LogP contribution in [-0.4, -0.2) is 42.0 Å². The summed E-state index contributed by atoms with van der Waals surface area (Å²) in [4.78, 5) is 28.6. The van der Waals surface area contributed by atoms with E-state index in [0.29, 0.717) is 30.8 Å². The Bertz CT molecular complexity index is 1180. The summed E-state index contributed by atoms with van der Waals surface area (Å²) in [6.45, 7) is 5.99. The highest BCUT2D eigenvalue weighted by atomic mass is 19.1. The topological polar surface area (TPSA) is 67.9 Å². The van der Waals surface area contributed by atoms with Crippen molar-refractivity contribution in [3.8, 4) is 11.5 Å². The minimum Gasteiger partial charge on any atom is -0.497 e. The molecule has 2 amide bonds. The summed E-state index contributed by atoms with van der Waals surface area (Å²) in [5.74, 6) is 0.474. The molecule has 0 fully saturated rings. The van der Waals surface area contributed by atoms with Crippen molar-refractivity contribution in [3.05, 3.63) is 95.8 Å². The molecule has 0 saturated carbocycles. The summed E-state index contributed by atoms with van der Waals surface area (Å²) in [5, 5.41) is 3.01. The van der Waals surface area contributed by atoms with Crippen LogP contribution < -0.4 is 14.8 Å². The fraction of sp³-hybridized carbons (Fsp3) is 0.355. The lowest BCUT2D eigenvalue weighted by Crippen LogP contribution is -2.54. The average molecular weight is 521 g/mol. The number of carbonyl (C=O) groups excluding carboxylic acids is 2. The first-order valence-corrected chi connectivity index (χ1v) is 12.8. The van der Waals surface area contributed by atoms with Crippen LogP contribution in [0.15, 0.2) is 78.9 Å². The van der Waals surface area contributed by atoms with Crippen LogP contribution in [0.25, 0.3) is 0 Å². The molecule has 0 heterocycles. The second-order valence-corrected chi connectivity index (χ2v) is 10.2. The van der Waals surface area contributed by atoms with E-state index in [1.165, 1.54) is 11.0 Å². The van der Waals surface area contributed by atoms with Gasteiger partial charge in [-0.25, -0.2) is 4.39 Å². The zero-order valence-electron chi connectivity index (χ0n) is 22.6. The van der Waals surface area contributed by atoms with E-state index in [2.05, 4.69) is 5.32 Å². The van der Waals surface area contributed by atoms with Crippen molar-refractivity contribution in [2.45, 2.75) is 58.2 Å². The lowest BCUT2D eigenvalue weighted by molar-refractivity contribution is -0.142. The molecule has 0 saturated heterocycles. The van der Waals surface area contributed by atoms with Gasteiger partial charge >= 0.3 is 0 Å². The van der Waals surface area contributed by atoms with E-state index in [1.807, 2.05) is 51.1 Å². The zero-order valence-corrected chi connectivity index (χ0v) is 22.6. The highest BCUT2D eigenvalue weighted by molar-refractivity contribution is 5.88. The number of halogens is 1. The largest absolute Gasteiger partial charge is 0.497 e. The molecule has 3 aromatic carbocycles. The van der Waals surface area contributed by atoms with Crippen LogP contribution in [0.4, 0.5) is 4.39 Å². The van der Waals surface area contributed by atoms with Gasteiger partial charge in [0.2, 0.25) is 11.8 Å². The van der Waals surface area contributed by atoms with Crippen LogP contribution in [-0.2, 0) is 22.6 Å². The Hall–Kier alpha value is -3.87. The fourth-order valence-corrected chi connectivity index (χ4v) is 4.05. The average Bonchev–Trinajstić information content (AvgIpc) is 2.89. The molecule has 38 heavy (non-hydrogen) atoms. The first kappa shape index (κ1) is 28.7. The molecule has 0 radical (unpaired) electrons. The van der Waals surface area contributed by atoms with Crippen molar-refractivity contribution in [2.75, 3.05) is 13.7 Å². The third-order valence-electron chi connectivity index (χ3n) is 5.93. The number of rotatable bonds is 12. The van der Waals surface area contributed by atoms with Gasteiger partial charge in [-0.2, -0.15) is 0 Å². The maximum absolute atomic E-state index is 14.7. The van der Waals surface area contributed by atoms with Crippen LogP contribution in [0.1, 0.15) is 44.7 Å². The highest BCUT2D eigenvalue weighted by Gasteiger charge is 2.32. The van der Waals surface area contributed by atoms with E-state index < -0.39 is 17.4 Å². The first-order chi connectivity index (χ1) is 18.2. The zero-order chi connectivity index (χ0) is 27.5. The number of methoxy groups -OCH3 is 1. The van der Waals surface area contributed by atoms with E-state index >= 15 is 0 Å². The maximum atomic E-state index is 14.7. The van der Waals surface area contributed by atoms with Crippen molar-refractivity contribution in [2.24, 2.45) is 0 Å². The molecule has 0 spiro atoms. The van der Waals surface area contributed by atoms with Gasteiger partial charge in [0.1, 0.15) is 23.4 Å². The Morgan fingerprint density at radius 3 is 2.18 bits per heavy atom. The number of carbonyl (C=O) groups is 2. The normalized spacial score (nSPS) is 11.9. The predicted molar refractivity (Wildman–Crippen MR) is 147 cm³/mol. The summed E-state index contributed by atoms with van der Waals surface area (Å²) in [7, 11) is 1.60. The lowest BCUT2D eigenvalue weighted by Gasteiger charge is -2.34. The quantitative estimate of drug-likeness (QED) is 0.318. The summed E-state index contributed by atoms with van der Waals surface area (Å²) in [5.41, 5.74) is 0.776. The molecule has 0 aliphatic rings. The molecule has 202 valence electrons. The number of nitrogens with one attached hydrogen (secondary N) is 1. The van der Waals surface area contributed by atoms with E-state index in [4.69, 9.17) is 9.47 Å². The van der Waals surface area contributed by atoms with Gasteiger partial charge in [-0.05, 0) is 63.1 Å². The fourth-order valence-electron chi connectivity index (χ4n) is 4.05. The molecule has 0 aliphatic carbocycles. The Kier molecular flexibility index (Phi) is 10.3. The van der Waals surface area contributed by atoms with Crippen molar-refractivity contribution in [1.29, 1.82) is 0 Å². The lowest BCUT2D eigenvalue weighted by atomic mass is 10.00. The molecular weight excluding hydrogens is 483 g/mol. The van der Waals surface area contributed by atoms with E-state index in [9.17, 15) is 14.0 Å². The molecule has 6 nitrogen and oxygen atoms in total. The third kappa shape index (κ3) is 8.91. The van der Waals surface area contributed by atoms with Crippen molar-refractivity contribution < 1.29 is 23.5 Å². The number of amides is 2. The summed E-state index contributed by atoms with van der Waals surface area (Å²) >= 11 is 0. The summed E-state index contributed by atoms with van der Waals surface area (Å²) in [6, 6.07) is 22.3. The van der Waals surface area contributed by atoms with Gasteiger partial charge in [0.15, 0.2) is 0 Å². The van der Waals surface area contributed by atoms with Crippen LogP contribution in [0.2, 0.25) is 0 Å².